The van der Waals surface area contributed by atoms with Crippen LogP contribution in [0.1, 0.15) is 56.2 Å². The van der Waals surface area contributed by atoms with Crippen LogP contribution in [0, 0.1) is 5.41 Å². The third kappa shape index (κ3) is 3.17. The molecule has 1 aliphatic rings. The van der Waals surface area contributed by atoms with Gasteiger partial charge in [-0.1, -0.05) is 38.3 Å². The van der Waals surface area contributed by atoms with Crippen molar-refractivity contribution in [3.05, 3.63) is 35.4 Å². The lowest BCUT2D eigenvalue weighted by molar-refractivity contribution is -0.137. The second kappa shape index (κ2) is 5.76. The topological polar surface area (TPSA) is 12.0 Å². The minimum atomic E-state index is -4.26. The van der Waals surface area contributed by atoms with Gasteiger partial charge < -0.3 is 5.32 Å². The maximum Gasteiger partial charge on any atom is 0.416 e. The molecule has 1 atom stereocenters. The molecule has 1 unspecified atom stereocenters. The Bertz CT molecular complexity index is 430. The fourth-order valence-electron chi connectivity index (χ4n) is 3.43. The van der Waals surface area contributed by atoms with Crippen molar-refractivity contribution >= 4 is 0 Å². The number of rotatable bonds is 3. The minimum absolute atomic E-state index is 0.116. The number of hydrogen-bond donors (Lipinski definition) is 1. The summed E-state index contributed by atoms with van der Waals surface area (Å²) in [5.74, 6) is 0. The molecule has 112 valence electrons. The van der Waals surface area contributed by atoms with Gasteiger partial charge in [-0.05, 0) is 43.0 Å². The van der Waals surface area contributed by atoms with Crippen molar-refractivity contribution in [3.63, 3.8) is 0 Å². The molecule has 1 aliphatic carbocycles. The molecule has 2 rings (SSSR count). The van der Waals surface area contributed by atoms with Crippen LogP contribution in [0.2, 0.25) is 0 Å². The van der Waals surface area contributed by atoms with Crippen LogP contribution in [0.4, 0.5) is 13.2 Å². The van der Waals surface area contributed by atoms with E-state index in [9.17, 15) is 13.2 Å². The third-order valence-electron chi connectivity index (χ3n) is 4.55. The van der Waals surface area contributed by atoms with E-state index >= 15 is 0 Å². The van der Waals surface area contributed by atoms with Gasteiger partial charge in [0.1, 0.15) is 0 Å². The zero-order valence-corrected chi connectivity index (χ0v) is 12.1. The van der Waals surface area contributed by atoms with Crippen molar-refractivity contribution in [2.45, 2.75) is 51.2 Å². The number of nitrogens with one attached hydrogen (secondary N) is 1. The van der Waals surface area contributed by atoms with Gasteiger partial charge in [0.25, 0.3) is 0 Å². The Kier molecular flexibility index (Phi) is 4.43. The van der Waals surface area contributed by atoms with Crippen molar-refractivity contribution in [2.75, 3.05) is 7.05 Å². The normalized spacial score (nSPS) is 20.6. The van der Waals surface area contributed by atoms with E-state index in [1.807, 2.05) is 7.05 Å². The molecule has 20 heavy (non-hydrogen) atoms. The lowest BCUT2D eigenvalue weighted by atomic mass is 9.68. The first-order chi connectivity index (χ1) is 9.37. The Morgan fingerprint density at radius 1 is 1.05 bits per heavy atom. The Morgan fingerprint density at radius 2 is 1.60 bits per heavy atom. The Hall–Kier alpha value is -1.03. The summed E-state index contributed by atoms with van der Waals surface area (Å²) >= 11 is 0. The van der Waals surface area contributed by atoms with Gasteiger partial charge in [-0.2, -0.15) is 13.2 Å². The molecule has 0 aromatic heterocycles. The molecule has 1 nitrogen and oxygen atoms in total. The van der Waals surface area contributed by atoms with Crippen LogP contribution in [-0.4, -0.2) is 7.05 Å². The van der Waals surface area contributed by atoms with E-state index in [0.717, 1.165) is 18.4 Å². The van der Waals surface area contributed by atoms with Gasteiger partial charge in [0.15, 0.2) is 0 Å². The van der Waals surface area contributed by atoms with Gasteiger partial charge in [0, 0.05) is 6.04 Å². The Morgan fingerprint density at radius 3 is 2.05 bits per heavy atom. The lowest BCUT2D eigenvalue weighted by Crippen LogP contribution is -2.36. The summed E-state index contributed by atoms with van der Waals surface area (Å²) in [5.41, 5.74) is 0.502. The quantitative estimate of drug-likeness (QED) is 0.829. The highest BCUT2D eigenvalue weighted by Gasteiger charge is 2.36. The van der Waals surface area contributed by atoms with Crippen molar-refractivity contribution in [3.8, 4) is 0 Å². The van der Waals surface area contributed by atoms with Crippen LogP contribution >= 0.6 is 0 Å². The van der Waals surface area contributed by atoms with Gasteiger partial charge in [-0.25, -0.2) is 0 Å². The van der Waals surface area contributed by atoms with Crippen LogP contribution in [0.5, 0.6) is 0 Å². The maximum absolute atomic E-state index is 12.6. The summed E-state index contributed by atoms with van der Waals surface area (Å²) in [4.78, 5) is 0. The molecule has 1 aromatic rings. The fraction of sp³-hybridized carbons (Fsp3) is 0.625. The molecule has 4 heteroatoms. The molecule has 0 amide bonds. The summed E-state index contributed by atoms with van der Waals surface area (Å²) in [7, 11) is 1.89. The summed E-state index contributed by atoms with van der Waals surface area (Å²) in [6.45, 7) is 2.24. The average Bonchev–Trinajstić information content (AvgIpc) is 2.39. The first-order valence-electron chi connectivity index (χ1n) is 7.21. The smallest absolute Gasteiger partial charge is 0.313 e. The van der Waals surface area contributed by atoms with E-state index in [2.05, 4.69) is 12.2 Å². The summed E-state index contributed by atoms with van der Waals surface area (Å²) < 4.78 is 37.9. The highest BCUT2D eigenvalue weighted by Crippen LogP contribution is 2.45. The van der Waals surface area contributed by atoms with E-state index in [1.165, 1.54) is 31.4 Å². The number of benzene rings is 1. The van der Waals surface area contributed by atoms with Gasteiger partial charge in [0.2, 0.25) is 0 Å². The second-order valence-corrected chi connectivity index (χ2v) is 6.06. The Labute approximate surface area is 118 Å². The molecule has 1 saturated carbocycles. The maximum atomic E-state index is 12.6. The predicted octanol–water partition coefficient (Wildman–Crippen LogP) is 4.94. The van der Waals surface area contributed by atoms with Gasteiger partial charge >= 0.3 is 6.18 Å². The molecule has 0 saturated heterocycles. The van der Waals surface area contributed by atoms with Crippen molar-refractivity contribution in [1.29, 1.82) is 0 Å². The van der Waals surface area contributed by atoms with Crippen molar-refractivity contribution < 1.29 is 13.2 Å². The molecule has 1 N–H and O–H groups in total. The van der Waals surface area contributed by atoms with E-state index in [-0.39, 0.29) is 11.5 Å². The largest absolute Gasteiger partial charge is 0.416 e. The summed E-state index contributed by atoms with van der Waals surface area (Å²) in [5, 5.41) is 3.31. The summed E-state index contributed by atoms with van der Waals surface area (Å²) in [6.07, 6.45) is 1.66. The van der Waals surface area contributed by atoms with Gasteiger partial charge in [-0.15, -0.1) is 0 Å². The van der Waals surface area contributed by atoms with E-state index < -0.39 is 11.7 Å². The van der Waals surface area contributed by atoms with Gasteiger partial charge in [0.05, 0.1) is 5.56 Å². The first-order valence-corrected chi connectivity index (χ1v) is 7.21. The number of halogens is 3. The standard InChI is InChI=1S/C16H22F3N/c1-15(10-4-3-5-11-15)14(20-2)12-6-8-13(9-7-12)16(17,18)19/h6-9,14,20H,3-5,10-11H2,1-2H3. The highest BCUT2D eigenvalue weighted by atomic mass is 19.4. The zero-order chi connectivity index (χ0) is 14.8. The monoisotopic (exact) mass is 285 g/mol. The molecule has 1 aromatic carbocycles. The fourth-order valence-corrected chi connectivity index (χ4v) is 3.43. The minimum Gasteiger partial charge on any atom is -0.313 e. The highest BCUT2D eigenvalue weighted by molar-refractivity contribution is 5.28. The van der Waals surface area contributed by atoms with Crippen molar-refractivity contribution in [1.82, 2.24) is 5.32 Å². The van der Waals surface area contributed by atoms with Crippen LogP contribution in [0.15, 0.2) is 24.3 Å². The molecule has 0 spiro atoms. The molecule has 1 fully saturated rings. The molecule has 0 heterocycles. The molecular formula is C16H22F3N. The van der Waals surface area contributed by atoms with Crippen LogP contribution in [-0.2, 0) is 6.18 Å². The molecule has 0 radical (unpaired) electrons. The predicted molar refractivity (Wildman–Crippen MR) is 74.4 cm³/mol. The van der Waals surface area contributed by atoms with Crippen LogP contribution in [0.3, 0.4) is 0 Å². The van der Waals surface area contributed by atoms with Gasteiger partial charge in [-0.3, -0.25) is 0 Å². The second-order valence-electron chi connectivity index (χ2n) is 6.06. The van der Waals surface area contributed by atoms with E-state index in [4.69, 9.17) is 0 Å². The number of alkyl halides is 3. The van der Waals surface area contributed by atoms with Crippen LogP contribution < -0.4 is 5.32 Å². The van der Waals surface area contributed by atoms with Crippen LogP contribution in [0.25, 0.3) is 0 Å². The first kappa shape index (κ1) is 15.4. The molecule has 0 aliphatic heterocycles. The lowest BCUT2D eigenvalue weighted by Gasteiger charge is -2.41. The third-order valence-corrected chi connectivity index (χ3v) is 4.55. The van der Waals surface area contributed by atoms with E-state index in [0.29, 0.717) is 0 Å². The average molecular weight is 285 g/mol. The molecule has 0 bridgehead atoms. The SMILES string of the molecule is CNC(c1ccc(C(F)(F)F)cc1)C1(C)CCCCC1. The van der Waals surface area contributed by atoms with Crippen molar-refractivity contribution in [2.24, 2.45) is 5.41 Å². The zero-order valence-electron chi connectivity index (χ0n) is 12.1. The molecular weight excluding hydrogens is 263 g/mol. The Balaban J connectivity index is 2.23. The van der Waals surface area contributed by atoms with E-state index in [1.54, 1.807) is 12.1 Å². The summed E-state index contributed by atoms with van der Waals surface area (Å²) in [6, 6.07) is 5.72. The number of hydrogen-bond acceptors (Lipinski definition) is 1.